The molecule has 1 atom stereocenters. The Morgan fingerprint density at radius 1 is 1.23 bits per heavy atom. The first-order chi connectivity index (χ1) is 14.8. The number of amides is 1. The van der Waals surface area contributed by atoms with Crippen molar-refractivity contribution in [2.45, 2.75) is 45.1 Å². The molecule has 0 aromatic heterocycles. The molecule has 0 fully saturated rings. The van der Waals surface area contributed by atoms with Crippen LogP contribution in [0, 0.1) is 5.82 Å². The van der Waals surface area contributed by atoms with Crippen molar-refractivity contribution in [3.63, 3.8) is 0 Å². The number of benzene rings is 3. The standard InChI is InChI=1S/C26H28FN3O/c1-17-15-26(2,3)30(4)24-14-23(27)20(12-22(17)24)16-28-29-25(31)13-19-10-7-9-18-8-5-6-11-21(18)19/h5-12,14,16-17H,13,15H2,1-4H3,(H,29,31)/b28-16-. The maximum atomic E-state index is 14.7. The molecule has 1 heterocycles. The second-order valence-electron chi connectivity index (χ2n) is 9.02. The second-order valence-corrected chi connectivity index (χ2v) is 9.02. The van der Waals surface area contributed by atoms with Gasteiger partial charge >= 0.3 is 0 Å². The third-order valence-electron chi connectivity index (χ3n) is 6.38. The van der Waals surface area contributed by atoms with Crippen LogP contribution in [0.2, 0.25) is 0 Å². The molecule has 1 N–H and O–H groups in total. The van der Waals surface area contributed by atoms with Gasteiger partial charge in [-0.15, -0.1) is 0 Å². The highest BCUT2D eigenvalue weighted by Crippen LogP contribution is 2.43. The number of nitrogens with zero attached hydrogens (tertiary/aromatic N) is 2. The van der Waals surface area contributed by atoms with E-state index >= 15 is 0 Å². The molecule has 0 saturated heterocycles. The van der Waals surface area contributed by atoms with E-state index in [-0.39, 0.29) is 23.7 Å². The Balaban J connectivity index is 1.49. The third kappa shape index (κ3) is 4.18. The summed E-state index contributed by atoms with van der Waals surface area (Å²) >= 11 is 0. The summed E-state index contributed by atoms with van der Waals surface area (Å²) in [6.07, 6.45) is 2.59. The molecular formula is C26H28FN3O. The van der Waals surface area contributed by atoms with Crippen LogP contribution >= 0.6 is 0 Å². The summed E-state index contributed by atoms with van der Waals surface area (Å²) in [6, 6.07) is 17.3. The summed E-state index contributed by atoms with van der Waals surface area (Å²) in [6.45, 7) is 6.51. The summed E-state index contributed by atoms with van der Waals surface area (Å²) in [5.74, 6) is -0.265. The van der Waals surface area contributed by atoms with Gasteiger partial charge in [-0.1, -0.05) is 49.4 Å². The van der Waals surface area contributed by atoms with E-state index in [9.17, 15) is 9.18 Å². The fourth-order valence-corrected chi connectivity index (χ4v) is 4.54. The first-order valence-electron chi connectivity index (χ1n) is 10.6. The zero-order chi connectivity index (χ0) is 22.2. The van der Waals surface area contributed by atoms with E-state index in [0.29, 0.717) is 11.5 Å². The maximum Gasteiger partial charge on any atom is 0.244 e. The summed E-state index contributed by atoms with van der Waals surface area (Å²) in [5, 5.41) is 6.16. The van der Waals surface area contributed by atoms with Crippen molar-refractivity contribution < 1.29 is 9.18 Å². The molecule has 0 radical (unpaired) electrons. The molecular weight excluding hydrogens is 389 g/mol. The Bertz CT molecular complexity index is 1160. The molecule has 4 rings (SSSR count). The molecule has 5 heteroatoms. The second kappa shape index (κ2) is 8.14. The monoisotopic (exact) mass is 417 g/mol. The van der Waals surface area contributed by atoms with Crippen LogP contribution in [0.25, 0.3) is 10.8 Å². The number of anilines is 1. The Morgan fingerprint density at radius 2 is 1.97 bits per heavy atom. The molecule has 1 amide bonds. The largest absolute Gasteiger partial charge is 0.369 e. The number of fused-ring (bicyclic) bond motifs is 2. The fourth-order valence-electron chi connectivity index (χ4n) is 4.54. The van der Waals surface area contributed by atoms with Gasteiger partial charge in [0, 0.05) is 23.8 Å². The molecule has 1 unspecified atom stereocenters. The predicted octanol–water partition coefficient (Wildman–Crippen LogP) is 5.39. The minimum Gasteiger partial charge on any atom is -0.369 e. The van der Waals surface area contributed by atoms with E-state index in [1.807, 2.05) is 55.6 Å². The summed E-state index contributed by atoms with van der Waals surface area (Å²) in [5.41, 5.74) is 5.85. The topological polar surface area (TPSA) is 44.7 Å². The number of halogens is 1. The van der Waals surface area contributed by atoms with Crippen LogP contribution in [0.4, 0.5) is 10.1 Å². The molecule has 31 heavy (non-hydrogen) atoms. The van der Waals surface area contributed by atoms with Gasteiger partial charge < -0.3 is 4.90 Å². The predicted molar refractivity (Wildman–Crippen MR) is 125 cm³/mol. The minimum absolute atomic E-state index is 0.0238. The lowest BCUT2D eigenvalue weighted by Crippen LogP contribution is -2.45. The van der Waals surface area contributed by atoms with Crippen LogP contribution in [-0.2, 0) is 11.2 Å². The average molecular weight is 418 g/mol. The number of rotatable bonds is 4. The van der Waals surface area contributed by atoms with Crippen molar-refractivity contribution in [3.8, 4) is 0 Å². The summed E-state index contributed by atoms with van der Waals surface area (Å²) < 4.78 is 14.7. The molecule has 0 bridgehead atoms. The van der Waals surface area contributed by atoms with Crippen molar-refractivity contribution in [2.24, 2.45) is 5.10 Å². The van der Waals surface area contributed by atoms with Crippen LogP contribution < -0.4 is 10.3 Å². The highest BCUT2D eigenvalue weighted by atomic mass is 19.1. The lowest BCUT2D eigenvalue weighted by Gasteiger charge is -2.45. The van der Waals surface area contributed by atoms with Crippen molar-refractivity contribution >= 4 is 28.6 Å². The van der Waals surface area contributed by atoms with Crippen molar-refractivity contribution in [1.29, 1.82) is 0 Å². The average Bonchev–Trinajstić information content (AvgIpc) is 2.73. The number of carbonyl (C=O) groups is 1. The van der Waals surface area contributed by atoms with E-state index in [0.717, 1.165) is 34.0 Å². The van der Waals surface area contributed by atoms with Gasteiger partial charge in [0.25, 0.3) is 0 Å². The Labute approximate surface area is 182 Å². The lowest BCUT2D eigenvalue weighted by atomic mass is 9.80. The normalized spacial score (nSPS) is 17.7. The fraction of sp³-hybridized carbons (Fsp3) is 0.308. The number of hydrazone groups is 1. The van der Waals surface area contributed by atoms with E-state index in [2.05, 4.69) is 36.2 Å². The number of carbonyl (C=O) groups excluding carboxylic acids is 1. The van der Waals surface area contributed by atoms with Crippen LogP contribution in [-0.4, -0.2) is 24.7 Å². The minimum atomic E-state index is -0.345. The number of hydrogen-bond donors (Lipinski definition) is 1. The molecule has 0 aliphatic carbocycles. The smallest absolute Gasteiger partial charge is 0.244 e. The maximum absolute atomic E-state index is 14.7. The number of hydrogen-bond acceptors (Lipinski definition) is 3. The van der Waals surface area contributed by atoms with Crippen LogP contribution in [0.15, 0.2) is 59.7 Å². The first kappa shape index (κ1) is 21.0. The SMILES string of the molecule is CC1CC(C)(C)N(C)c2cc(F)c(/C=N\NC(=O)Cc3cccc4ccccc34)cc21. The van der Waals surface area contributed by atoms with Gasteiger partial charge in [-0.3, -0.25) is 4.79 Å². The molecule has 3 aromatic rings. The zero-order valence-corrected chi connectivity index (χ0v) is 18.4. The van der Waals surface area contributed by atoms with Crippen LogP contribution in [0.5, 0.6) is 0 Å². The highest BCUT2D eigenvalue weighted by Gasteiger charge is 2.34. The molecule has 3 aromatic carbocycles. The Hall–Kier alpha value is -3.21. The Kier molecular flexibility index (Phi) is 5.52. The van der Waals surface area contributed by atoms with Crippen molar-refractivity contribution in [2.75, 3.05) is 11.9 Å². The van der Waals surface area contributed by atoms with Gasteiger partial charge in [0.05, 0.1) is 12.6 Å². The van der Waals surface area contributed by atoms with Crippen LogP contribution in [0.1, 0.15) is 49.8 Å². The van der Waals surface area contributed by atoms with Gasteiger partial charge in [0.2, 0.25) is 5.91 Å². The van der Waals surface area contributed by atoms with Gasteiger partial charge in [0.1, 0.15) is 5.82 Å². The van der Waals surface area contributed by atoms with E-state index in [1.54, 1.807) is 6.07 Å². The summed E-state index contributed by atoms with van der Waals surface area (Å²) in [7, 11) is 2.01. The zero-order valence-electron chi connectivity index (χ0n) is 18.4. The molecule has 4 nitrogen and oxygen atoms in total. The van der Waals surface area contributed by atoms with E-state index in [4.69, 9.17) is 0 Å². The van der Waals surface area contributed by atoms with Crippen molar-refractivity contribution in [3.05, 3.63) is 77.1 Å². The summed E-state index contributed by atoms with van der Waals surface area (Å²) in [4.78, 5) is 14.5. The molecule has 0 saturated carbocycles. The van der Waals surface area contributed by atoms with Gasteiger partial charge in [-0.2, -0.15) is 5.10 Å². The van der Waals surface area contributed by atoms with E-state index in [1.165, 1.54) is 6.21 Å². The molecule has 1 aliphatic rings. The van der Waals surface area contributed by atoms with E-state index < -0.39 is 0 Å². The van der Waals surface area contributed by atoms with Crippen molar-refractivity contribution in [1.82, 2.24) is 5.43 Å². The third-order valence-corrected chi connectivity index (χ3v) is 6.38. The molecule has 1 aliphatic heterocycles. The molecule has 0 spiro atoms. The van der Waals surface area contributed by atoms with Gasteiger partial charge in [0.15, 0.2) is 0 Å². The molecule has 160 valence electrons. The first-order valence-corrected chi connectivity index (χ1v) is 10.6. The number of nitrogens with one attached hydrogen (secondary N) is 1. The Morgan fingerprint density at radius 3 is 2.77 bits per heavy atom. The van der Waals surface area contributed by atoms with Gasteiger partial charge in [-0.25, -0.2) is 9.82 Å². The highest BCUT2D eigenvalue weighted by molar-refractivity contribution is 5.90. The lowest BCUT2D eigenvalue weighted by molar-refractivity contribution is -0.120. The quantitative estimate of drug-likeness (QED) is 0.457. The van der Waals surface area contributed by atoms with Gasteiger partial charge in [-0.05, 0) is 60.2 Å². The van der Waals surface area contributed by atoms with Crippen LogP contribution in [0.3, 0.4) is 0 Å².